The lowest BCUT2D eigenvalue weighted by Crippen LogP contribution is -2.58. The first-order chi connectivity index (χ1) is 13.0. The minimum atomic E-state index is -0.0263. The van der Waals surface area contributed by atoms with Crippen molar-refractivity contribution >= 4 is 5.91 Å². The van der Waals surface area contributed by atoms with Gasteiger partial charge in [-0.25, -0.2) is 0 Å². The van der Waals surface area contributed by atoms with Gasteiger partial charge in [-0.1, -0.05) is 19.4 Å². The first-order valence-corrected chi connectivity index (χ1v) is 10.5. The molecule has 1 aromatic rings. The molecule has 2 bridgehead atoms. The van der Waals surface area contributed by atoms with Gasteiger partial charge in [0.05, 0.1) is 6.04 Å². The molecule has 1 aromatic carbocycles. The molecule has 1 amide bonds. The molecule has 2 heterocycles. The van der Waals surface area contributed by atoms with E-state index in [1.807, 2.05) is 12.1 Å². The minimum Gasteiger partial charge on any atom is -0.508 e. The largest absolute Gasteiger partial charge is 0.508 e. The van der Waals surface area contributed by atoms with Crippen LogP contribution in [0.2, 0.25) is 0 Å². The van der Waals surface area contributed by atoms with E-state index in [4.69, 9.17) is 0 Å². The molecule has 4 atom stereocenters. The number of phenols is 1. The summed E-state index contributed by atoms with van der Waals surface area (Å²) in [5.41, 5.74) is 2.71. The highest BCUT2D eigenvalue weighted by Gasteiger charge is 2.50. The zero-order valence-corrected chi connectivity index (χ0v) is 16.6. The number of carbonyl (C=O) groups is 1. The Morgan fingerprint density at radius 3 is 3.04 bits per heavy atom. The first-order valence-electron chi connectivity index (χ1n) is 10.5. The van der Waals surface area contributed by atoms with Crippen LogP contribution in [0.4, 0.5) is 0 Å². The van der Waals surface area contributed by atoms with Gasteiger partial charge in [0.15, 0.2) is 0 Å². The highest BCUT2D eigenvalue weighted by molar-refractivity contribution is 5.81. The molecule has 2 aliphatic heterocycles. The maximum absolute atomic E-state index is 12.5. The molecule has 2 saturated heterocycles. The van der Waals surface area contributed by atoms with E-state index in [-0.39, 0.29) is 17.4 Å². The van der Waals surface area contributed by atoms with Gasteiger partial charge in [0.25, 0.3) is 0 Å². The average Bonchev–Trinajstić information content (AvgIpc) is 2.68. The summed E-state index contributed by atoms with van der Waals surface area (Å²) < 4.78 is 0. The van der Waals surface area contributed by atoms with Gasteiger partial charge in [-0.15, -0.1) is 0 Å². The van der Waals surface area contributed by atoms with E-state index in [1.165, 1.54) is 17.5 Å². The Kier molecular flexibility index (Phi) is 5.17. The Hall–Kier alpha value is -1.59. The Balaban J connectivity index is 1.52. The summed E-state index contributed by atoms with van der Waals surface area (Å²) in [6.07, 6.45) is 6.30. The van der Waals surface area contributed by atoms with Crippen LogP contribution >= 0.6 is 0 Å². The summed E-state index contributed by atoms with van der Waals surface area (Å²) in [5.74, 6) is 1.01. The second-order valence-electron chi connectivity index (χ2n) is 8.83. The molecule has 3 N–H and O–H groups in total. The van der Waals surface area contributed by atoms with E-state index in [0.29, 0.717) is 24.3 Å². The number of hydrogen-bond acceptors (Lipinski definition) is 4. The first kappa shape index (κ1) is 18.8. The molecule has 0 saturated carbocycles. The molecule has 0 spiro atoms. The summed E-state index contributed by atoms with van der Waals surface area (Å²) in [7, 11) is 2.23. The number of likely N-dealkylation sites (tertiary alicyclic amines) is 1. The molecule has 5 nitrogen and oxygen atoms in total. The zero-order chi connectivity index (χ0) is 19.0. The molecule has 5 heteroatoms. The van der Waals surface area contributed by atoms with E-state index in [0.717, 1.165) is 45.2 Å². The van der Waals surface area contributed by atoms with E-state index >= 15 is 0 Å². The van der Waals surface area contributed by atoms with Crippen LogP contribution in [-0.2, 0) is 16.6 Å². The maximum Gasteiger partial charge on any atom is 0.237 e. The van der Waals surface area contributed by atoms with Gasteiger partial charge < -0.3 is 20.6 Å². The van der Waals surface area contributed by atoms with Gasteiger partial charge in [0.1, 0.15) is 5.75 Å². The number of amides is 1. The quantitative estimate of drug-likeness (QED) is 0.759. The Bertz CT molecular complexity index is 701. The molecule has 4 rings (SSSR count). The number of rotatable bonds is 4. The Morgan fingerprint density at radius 1 is 1.41 bits per heavy atom. The standard InChI is InChI=1S/C22H33N3O2/c1-15-20-13-16-6-7-17(26)14-18(16)22(15,9-12-25(20)2)8-11-24-21(27)19-5-3-4-10-23-19/h6-7,14-15,19-20,23,26H,3-5,8-13H2,1-2H3,(H,24,27)/t15-,19-,20+,22-/m0/s1. The van der Waals surface area contributed by atoms with Crippen molar-refractivity contribution in [1.29, 1.82) is 0 Å². The summed E-state index contributed by atoms with van der Waals surface area (Å²) in [6, 6.07) is 6.40. The van der Waals surface area contributed by atoms with Crippen molar-refractivity contribution in [2.24, 2.45) is 5.92 Å². The number of piperidine rings is 2. The van der Waals surface area contributed by atoms with E-state index in [1.54, 1.807) is 0 Å². The van der Waals surface area contributed by atoms with Gasteiger partial charge in [0, 0.05) is 18.0 Å². The SMILES string of the molecule is C[C@H]1[C@H]2Cc3ccc(O)cc3[C@@]1(CCNC(=O)[C@@H]1CCCCN1)CCN2C. The number of aromatic hydroxyl groups is 1. The summed E-state index contributed by atoms with van der Waals surface area (Å²) >= 11 is 0. The van der Waals surface area contributed by atoms with Gasteiger partial charge in [0.2, 0.25) is 5.91 Å². The predicted molar refractivity (Wildman–Crippen MR) is 107 cm³/mol. The molecule has 2 fully saturated rings. The minimum absolute atomic E-state index is 0.0263. The van der Waals surface area contributed by atoms with Crippen LogP contribution in [0, 0.1) is 5.92 Å². The van der Waals surface area contributed by atoms with Gasteiger partial charge in [-0.3, -0.25) is 4.79 Å². The lowest BCUT2D eigenvalue weighted by Gasteiger charge is -2.55. The van der Waals surface area contributed by atoms with Crippen LogP contribution in [0.15, 0.2) is 18.2 Å². The molecule has 27 heavy (non-hydrogen) atoms. The third kappa shape index (κ3) is 3.36. The number of carbonyl (C=O) groups excluding carboxylic acids is 1. The Labute approximate surface area is 162 Å². The third-order valence-corrected chi connectivity index (χ3v) is 7.48. The van der Waals surface area contributed by atoms with Crippen molar-refractivity contribution in [3.05, 3.63) is 29.3 Å². The van der Waals surface area contributed by atoms with E-state index < -0.39 is 0 Å². The highest BCUT2D eigenvalue weighted by Crippen LogP contribution is 2.51. The third-order valence-electron chi connectivity index (χ3n) is 7.48. The van der Waals surface area contributed by atoms with Crippen molar-refractivity contribution < 1.29 is 9.90 Å². The number of nitrogens with one attached hydrogen (secondary N) is 2. The van der Waals surface area contributed by atoms with Gasteiger partial charge in [-0.05, 0) is 81.4 Å². The average molecular weight is 372 g/mol. The van der Waals surface area contributed by atoms with Crippen LogP contribution < -0.4 is 10.6 Å². The molecule has 3 aliphatic rings. The van der Waals surface area contributed by atoms with Gasteiger partial charge >= 0.3 is 0 Å². The fourth-order valence-corrected chi connectivity index (χ4v) is 5.76. The number of likely N-dealkylation sites (N-methyl/N-ethyl adjacent to an activating group) is 1. The van der Waals surface area contributed by atoms with Crippen LogP contribution in [0.25, 0.3) is 0 Å². The van der Waals surface area contributed by atoms with E-state index in [2.05, 4.69) is 35.6 Å². The monoisotopic (exact) mass is 371 g/mol. The topological polar surface area (TPSA) is 64.6 Å². The van der Waals surface area contributed by atoms with Crippen molar-refractivity contribution in [3.63, 3.8) is 0 Å². The molecule has 1 aliphatic carbocycles. The molecule has 0 radical (unpaired) electrons. The van der Waals surface area contributed by atoms with Crippen molar-refractivity contribution in [2.75, 3.05) is 26.7 Å². The predicted octanol–water partition coefficient (Wildman–Crippen LogP) is 2.17. The van der Waals surface area contributed by atoms with Crippen LogP contribution in [-0.4, -0.2) is 54.7 Å². The Morgan fingerprint density at radius 2 is 2.26 bits per heavy atom. The molecule has 148 valence electrons. The normalized spacial score (nSPS) is 33.3. The smallest absolute Gasteiger partial charge is 0.237 e. The number of benzene rings is 1. The highest BCUT2D eigenvalue weighted by atomic mass is 16.3. The van der Waals surface area contributed by atoms with Crippen molar-refractivity contribution in [2.45, 2.75) is 62.9 Å². The number of nitrogens with zero attached hydrogens (tertiary/aromatic N) is 1. The lowest BCUT2D eigenvalue weighted by atomic mass is 9.56. The maximum atomic E-state index is 12.5. The molecular formula is C22H33N3O2. The second-order valence-corrected chi connectivity index (χ2v) is 8.83. The summed E-state index contributed by atoms with van der Waals surface area (Å²) in [5, 5.41) is 16.7. The zero-order valence-electron chi connectivity index (χ0n) is 16.6. The summed E-state index contributed by atoms with van der Waals surface area (Å²) in [4.78, 5) is 15.0. The van der Waals surface area contributed by atoms with Crippen LogP contribution in [0.3, 0.4) is 0 Å². The summed E-state index contributed by atoms with van der Waals surface area (Å²) in [6.45, 7) is 5.08. The van der Waals surface area contributed by atoms with Crippen molar-refractivity contribution in [1.82, 2.24) is 15.5 Å². The lowest BCUT2D eigenvalue weighted by molar-refractivity contribution is -0.123. The van der Waals surface area contributed by atoms with Crippen LogP contribution in [0.5, 0.6) is 5.75 Å². The van der Waals surface area contributed by atoms with Crippen molar-refractivity contribution in [3.8, 4) is 5.75 Å². The van der Waals surface area contributed by atoms with Gasteiger partial charge in [-0.2, -0.15) is 0 Å². The molecular weight excluding hydrogens is 338 g/mol. The molecule has 0 unspecified atom stereocenters. The molecule has 0 aromatic heterocycles. The fourth-order valence-electron chi connectivity index (χ4n) is 5.76. The van der Waals surface area contributed by atoms with Crippen LogP contribution in [0.1, 0.15) is 50.2 Å². The fraction of sp³-hybridized carbons (Fsp3) is 0.682. The number of fused-ring (bicyclic) bond motifs is 4. The number of hydrogen-bond donors (Lipinski definition) is 3. The second kappa shape index (κ2) is 7.44. The number of phenolic OH excluding ortho intramolecular Hbond substituents is 1. The van der Waals surface area contributed by atoms with E-state index in [9.17, 15) is 9.90 Å².